The molecule has 0 aromatic carbocycles. The van der Waals surface area contributed by atoms with Crippen LogP contribution in [-0.2, 0) is 12.7 Å². The lowest BCUT2D eigenvalue weighted by molar-refractivity contribution is -0.275. The molecule has 2 N–H and O–H groups in total. The van der Waals surface area contributed by atoms with E-state index in [2.05, 4.69) is 9.72 Å². The van der Waals surface area contributed by atoms with Gasteiger partial charge < -0.3 is 10.5 Å². The van der Waals surface area contributed by atoms with Crippen LogP contribution < -0.4 is 10.5 Å². The lowest BCUT2D eigenvalue weighted by Gasteiger charge is -2.16. The van der Waals surface area contributed by atoms with E-state index in [9.17, 15) is 31.1 Å². The Hall–Kier alpha value is -1.55. The first kappa shape index (κ1) is 16.5. The zero-order chi connectivity index (χ0) is 15.7. The Labute approximate surface area is 112 Å². The first-order valence-corrected chi connectivity index (χ1v) is 5.10. The molecular formula is C9H5ClF6N2O2. The number of carbonyl (C=O) groups is 1. The Balaban J connectivity index is 3.51. The average Bonchev–Trinajstić information content (AvgIpc) is 2.24. The zero-order valence-corrected chi connectivity index (χ0v) is 10.0. The monoisotopic (exact) mass is 322 g/mol. The minimum atomic E-state index is -5.31. The number of hydrogen-bond donors (Lipinski definition) is 1. The molecule has 0 aliphatic rings. The van der Waals surface area contributed by atoms with Gasteiger partial charge in [0.05, 0.1) is 11.3 Å². The predicted octanol–water partition coefficient (Wildman–Crippen LogP) is 2.84. The molecule has 20 heavy (non-hydrogen) atoms. The Morgan fingerprint density at radius 1 is 1.30 bits per heavy atom. The number of pyridine rings is 1. The average molecular weight is 323 g/mol. The molecule has 112 valence electrons. The van der Waals surface area contributed by atoms with Crippen molar-refractivity contribution in [3.8, 4) is 5.75 Å². The summed E-state index contributed by atoms with van der Waals surface area (Å²) in [6.07, 6.45) is -10.3. The van der Waals surface area contributed by atoms with E-state index >= 15 is 0 Å². The highest BCUT2D eigenvalue weighted by atomic mass is 35.5. The molecule has 1 aromatic heterocycles. The Morgan fingerprint density at radius 3 is 2.20 bits per heavy atom. The first-order chi connectivity index (χ1) is 8.95. The number of carbonyl (C=O) groups excluding carboxylic acids is 1. The van der Waals surface area contributed by atoms with Crippen molar-refractivity contribution in [2.24, 2.45) is 5.73 Å². The highest BCUT2D eigenvalue weighted by Gasteiger charge is 2.39. The maximum atomic E-state index is 12.6. The highest BCUT2D eigenvalue weighted by Crippen LogP contribution is 2.36. The van der Waals surface area contributed by atoms with Gasteiger partial charge in [-0.05, 0) is 17.7 Å². The van der Waals surface area contributed by atoms with E-state index in [1.807, 2.05) is 0 Å². The van der Waals surface area contributed by atoms with Crippen molar-refractivity contribution < 1.29 is 35.9 Å². The molecule has 0 radical (unpaired) electrons. The van der Waals surface area contributed by atoms with Crippen LogP contribution >= 0.6 is 11.6 Å². The van der Waals surface area contributed by atoms with E-state index in [1.54, 1.807) is 0 Å². The highest BCUT2D eigenvalue weighted by molar-refractivity contribution is 6.67. The summed E-state index contributed by atoms with van der Waals surface area (Å²) in [5.74, 6) is -1.44. The molecule has 0 aliphatic carbocycles. The molecule has 11 heteroatoms. The standard InChI is InChI=1S/C9H5ClF6N2O2/c10-7(19)6-5(20-9(14,15)16)1-3(8(11,12)13)4(2-17)18-6/h1H,2,17H2. The summed E-state index contributed by atoms with van der Waals surface area (Å²) in [7, 11) is 0. The lowest BCUT2D eigenvalue weighted by Crippen LogP contribution is -2.22. The van der Waals surface area contributed by atoms with Crippen LogP contribution in [0.2, 0.25) is 0 Å². The van der Waals surface area contributed by atoms with Gasteiger partial charge in [-0.3, -0.25) is 4.79 Å². The lowest BCUT2D eigenvalue weighted by atomic mass is 10.1. The molecule has 4 nitrogen and oxygen atoms in total. The van der Waals surface area contributed by atoms with Crippen LogP contribution in [0.5, 0.6) is 5.75 Å². The Bertz CT molecular complexity index is 528. The summed E-state index contributed by atoms with van der Waals surface area (Å²) in [4.78, 5) is 14.0. The molecule has 0 bridgehead atoms. The summed E-state index contributed by atoms with van der Waals surface area (Å²) in [5.41, 5.74) is 1.55. The largest absolute Gasteiger partial charge is 0.573 e. The number of nitrogens with two attached hydrogens (primary N) is 1. The number of ether oxygens (including phenoxy) is 1. The van der Waals surface area contributed by atoms with Gasteiger partial charge in [0.15, 0.2) is 11.4 Å². The predicted molar refractivity (Wildman–Crippen MR) is 54.0 cm³/mol. The fourth-order valence-corrected chi connectivity index (χ4v) is 1.41. The molecule has 1 aromatic rings. The fraction of sp³-hybridized carbons (Fsp3) is 0.333. The number of halogens is 7. The van der Waals surface area contributed by atoms with Crippen molar-refractivity contribution >= 4 is 16.8 Å². The van der Waals surface area contributed by atoms with Crippen LogP contribution in [0, 0.1) is 0 Å². The normalized spacial score (nSPS) is 12.4. The van der Waals surface area contributed by atoms with Crippen LogP contribution in [0.4, 0.5) is 26.3 Å². The van der Waals surface area contributed by atoms with Gasteiger partial charge in [-0.15, -0.1) is 13.2 Å². The van der Waals surface area contributed by atoms with Crippen molar-refractivity contribution in [3.05, 3.63) is 23.0 Å². The van der Waals surface area contributed by atoms with Crippen LogP contribution in [0.3, 0.4) is 0 Å². The molecule has 1 heterocycles. The van der Waals surface area contributed by atoms with Crippen molar-refractivity contribution in [2.75, 3.05) is 0 Å². The third-order valence-electron chi connectivity index (χ3n) is 1.98. The van der Waals surface area contributed by atoms with E-state index < -0.39 is 47.0 Å². The molecule has 0 saturated carbocycles. The van der Waals surface area contributed by atoms with Gasteiger partial charge in [-0.25, -0.2) is 4.98 Å². The van der Waals surface area contributed by atoms with Crippen molar-refractivity contribution in [1.82, 2.24) is 4.98 Å². The number of nitrogens with zero attached hydrogens (tertiary/aromatic N) is 1. The number of aromatic nitrogens is 1. The fourth-order valence-electron chi connectivity index (χ4n) is 1.28. The Morgan fingerprint density at radius 2 is 1.85 bits per heavy atom. The van der Waals surface area contributed by atoms with E-state index in [0.717, 1.165) is 0 Å². The Kier molecular flexibility index (Phi) is 4.49. The van der Waals surface area contributed by atoms with Crippen LogP contribution in [0.1, 0.15) is 21.7 Å². The van der Waals surface area contributed by atoms with Crippen LogP contribution in [0.25, 0.3) is 0 Å². The number of rotatable bonds is 3. The molecule has 0 unspecified atom stereocenters. The van der Waals surface area contributed by atoms with Gasteiger partial charge in [0.25, 0.3) is 5.24 Å². The first-order valence-electron chi connectivity index (χ1n) is 4.72. The van der Waals surface area contributed by atoms with Gasteiger partial charge in [-0.2, -0.15) is 13.2 Å². The summed E-state index contributed by atoms with van der Waals surface area (Å²) in [6.45, 7) is -0.752. The second kappa shape index (κ2) is 5.44. The molecule has 0 saturated heterocycles. The SMILES string of the molecule is NCc1nc(C(=O)Cl)c(OC(F)(F)F)cc1C(F)(F)F. The smallest absolute Gasteiger partial charge is 0.403 e. The second-order valence-corrected chi connectivity index (χ2v) is 3.70. The summed E-state index contributed by atoms with van der Waals surface area (Å²) >= 11 is 4.96. The summed E-state index contributed by atoms with van der Waals surface area (Å²) in [5, 5.41) is -1.51. The van der Waals surface area contributed by atoms with Crippen LogP contribution in [-0.4, -0.2) is 16.6 Å². The van der Waals surface area contributed by atoms with Crippen LogP contribution in [0.15, 0.2) is 6.07 Å². The summed E-state index contributed by atoms with van der Waals surface area (Å²) < 4.78 is 77.5. The molecule has 0 spiro atoms. The van der Waals surface area contributed by atoms with E-state index in [0.29, 0.717) is 0 Å². The van der Waals surface area contributed by atoms with Crippen molar-refractivity contribution in [2.45, 2.75) is 19.1 Å². The van der Waals surface area contributed by atoms with Crippen molar-refractivity contribution in [3.63, 3.8) is 0 Å². The third kappa shape index (κ3) is 3.97. The maximum Gasteiger partial charge on any atom is 0.573 e. The van der Waals surface area contributed by atoms with E-state index in [4.69, 9.17) is 17.3 Å². The third-order valence-corrected chi connectivity index (χ3v) is 2.16. The molecule has 0 aliphatic heterocycles. The molecule has 0 fully saturated rings. The van der Waals surface area contributed by atoms with Gasteiger partial charge >= 0.3 is 12.5 Å². The maximum absolute atomic E-state index is 12.6. The molecule has 1 rings (SSSR count). The second-order valence-electron chi connectivity index (χ2n) is 3.35. The minimum Gasteiger partial charge on any atom is -0.403 e. The van der Waals surface area contributed by atoms with Gasteiger partial charge in [0.1, 0.15) is 0 Å². The quantitative estimate of drug-likeness (QED) is 0.686. The van der Waals surface area contributed by atoms with Gasteiger partial charge in [-0.1, -0.05) is 0 Å². The zero-order valence-electron chi connectivity index (χ0n) is 9.27. The molecule has 0 atom stereocenters. The molecular weight excluding hydrogens is 318 g/mol. The van der Waals surface area contributed by atoms with E-state index in [-0.39, 0.29) is 6.07 Å². The molecule has 0 amide bonds. The topological polar surface area (TPSA) is 65.2 Å². The van der Waals surface area contributed by atoms with Gasteiger partial charge in [0, 0.05) is 6.54 Å². The number of hydrogen-bond acceptors (Lipinski definition) is 4. The summed E-state index contributed by atoms with van der Waals surface area (Å²) in [6, 6.07) is -0.0156. The minimum absolute atomic E-state index is 0.0156. The number of alkyl halides is 6. The van der Waals surface area contributed by atoms with E-state index in [1.165, 1.54) is 0 Å². The van der Waals surface area contributed by atoms with Crippen molar-refractivity contribution in [1.29, 1.82) is 0 Å². The van der Waals surface area contributed by atoms with Gasteiger partial charge in [0.2, 0.25) is 0 Å².